The summed E-state index contributed by atoms with van der Waals surface area (Å²) in [5.41, 5.74) is 5.47. The maximum absolute atomic E-state index is 12.8. The number of aliphatic hydroxyl groups excluding tert-OH is 23. The number of methoxy groups -OCH3 is 2. The molecule has 42 atom stereocenters. The zero-order valence-electron chi connectivity index (χ0n) is 60.2. The van der Waals surface area contributed by atoms with Crippen LogP contribution in [0.4, 0.5) is 0 Å². The number of ether oxygens (including phenoxy) is 18. The molecule has 0 aromatic heterocycles. The molecule has 9 saturated heterocycles. The summed E-state index contributed by atoms with van der Waals surface area (Å²) < 4.78 is 103. The van der Waals surface area contributed by atoms with Gasteiger partial charge in [0.1, 0.15) is 207 Å². The number of rotatable bonds is 30. The van der Waals surface area contributed by atoms with Crippen molar-refractivity contribution in [2.75, 3.05) is 73.6 Å². The summed E-state index contributed by atoms with van der Waals surface area (Å²) >= 11 is 0. The molecular weight excluding hydrogens is 1510 g/mol. The molecule has 9 aliphatic heterocycles. The van der Waals surface area contributed by atoms with Gasteiger partial charge in [-0.15, -0.1) is 0 Å². The first-order valence-corrected chi connectivity index (χ1v) is 35.8. The number of amides is 2. The Hall–Kier alpha value is -3.68. The maximum Gasteiger partial charge on any atom is 0.243 e. The van der Waals surface area contributed by atoms with Gasteiger partial charge in [0.15, 0.2) is 44.0 Å². The molecule has 0 saturated carbocycles. The van der Waals surface area contributed by atoms with E-state index >= 15 is 0 Å². The number of aliphatic hydroxyl groups is 23. The molecule has 2 amide bonds. The van der Waals surface area contributed by atoms with Crippen molar-refractivity contribution in [2.24, 2.45) is 11.1 Å². The zero-order valence-corrected chi connectivity index (χ0v) is 60.2. The van der Waals surface area contributed by atoms with Crippen molar-refractivity contribution in [3.05, 3.63) is 29.8 Å². The fraction of sp³-hybridized carbons (Fsp3) is 0.877. The van der Waals surface area contributed by atoms with Crippen molar-refractivity contribution in [1.82, 2.24) is 10.6 Å². The van der Waals surface area contributed by atoms with Gasteiger partial charge in [0.2, 0.25) is 18.1 Å². The lowest BCUT2D eigenvalue weighted by atomic mass is 9.78. The molecule has 9 fully saturated rings. The van der Waals surface area contributed by atoms with Crippen LogP contribution in [0.3, 0.4) is 0 Å². The van der Waals surface area contributed by atoms with Crippen LogP contribution in [0.1, 0.15) is 19.4 Å². The molecule has 42 unspecified atom stereocenters. The quantitative estimate of drug-likeness (QED) is 0.0340. The summed E-state index contributed by atoms with van der Waals surface area (Å²) in [6, 6.07) is 5.19. The molecular formula is C65H105N3O43. The van der Waals surface area contributed by atoms with Crippen molar-refractivity contribution in [1.29, 1.82) is 0 Å². The molecule has 9 aliphatic rings. The Balaban J connectivity index is 0.706. The summed E-state index contributed by atoms with van der Waals surface area (Å²) in [6.45, 7) is -4.51. The average molecular weight is 1620 g/mol. The van der Waals surface area contributed by atoms with E-state index in [2.05, 4.69) is 10.6 Å². The second-order valence-corrected chi connectivity index (χ2v) is 28.8. The van der Waals surface area contributed by atoms with Crippen LogP contribution >= 0.6 is 0 Å². The van der Waals surface area contributed by atoms with Gasteiger partial charge < -0.3 is 219 Å². The Bertz CT molecular complexity index is 3050. The first-order chi connectivity index (χ1) is 52.8. The number of carbonyl (C=O) groups is 2. The molecule has 27 N–H and O–H groups in total. The normalized spacial score (nSPS) is 47.7. The van der Waals surface area contributed by atoms with E-state index in [-0.39, 0.29) is 18.2 Å². The lowest BCUT2D eigenvalue weighted by Gasteiger charge is -2.50. The minimum absolute atomic E-state index is 0.147. The van der Waals surface area contributed by atoms with Crippen molar-refractivity contribution >= 4 is 11.8 Å². The van der Waals surface area contributed by atoms with Gasteiger partial charge in [-0.25, -0.2) is 0 Å². The first-order valence-electron chi connectivity index (χ1n) is 35.8. The monoisotopic (exact) mass is 1620 g/mol. The lowest BCUT2D eigenvalue weighted by molar-refractivity contribution is -0.399. The van der Waals surface area contributed by atoms with Crippen LogP contribution < -0.4 is 21.1 Å². The van der Waals surface area contributed by atoms with Gasteiger partial charge in [0.25, 0.3) is 0 Å². The predicted molar refractivity (Wildman–Crippen MR) is 349 cm³/mol. The van der Waals surface area contributed by atoms with E-state index in [0.29, 0.717) is 6.42 Å². The highest BCUT2D eigenvalue weighted by Gasteiger charge is 2.61. The van der Waals surface area contributed by atoms with Crippen LogP contribution in [-0.2, 0) is 96.5 Å². The Labute approximate surface area is 631 Å². The van der Waals surface area contributed by atoms with Crippen molar-refractivity contribution in [2.45, 2.75) is 278 Å². The average Bonchev–Trinajstić information content (AvgIpc) is 1.77. The third-order valence-corrected chi connectivity index (χ3v) is 21.5. The minimum atomic E-state index is -2.27. The van der Waals surface area contributed by atoms with Crippen LogP contribution in [0.2, 0.25) is 0 Å². The van der Waals surface area contributed by atoms with Crippen LogP contribution in [0.15, 0.2) is 24.3 Å². The summed E-state index contributed by atoms with van der Waals surface area (Å²) in [5, 5.41) is 259. The number of nitrogens with two attached hydrogens (primary N) is 1. The van der Waals surface area contributed by atoms with Gasteiger partial charge in [-0.2, -0.15) is 0 Å². The molecule has 9 heterocycles. The second-order valence-electron chi connectivity index (χ2n) is 28.8. The molecule has 1 aromatic rings. The van der Waals surface area contributed by atoms with Gasteiger partial charge in [-0.3, -0.25) is 9.59 Å². The van der Waals surface area contributed by atoms with Crippen LogP contribution in [0.25, 0.3) is 0 Å². The summed E-state index contributed by atoms with van der Waals surface area (Å²) in [6.07, 6.45) is -75.3. The third-order valence-electron chi connectivity index (χ3n) is 21.5. The highest BCUT2D eigenvalue weighted by atomic mass is 16.8. The summed E-state index contributed by atoms with van der Waals surface area (Å²) in [4.78, 5) is 24.8. The predicted octanol–water partition coefficient (Wildman–Crippen LogP) is -16.5. The summed E-state index contributed by atoms with van der Waals surface area (Å²) in [7, 11) is 2.27. The number of hydrogen-bond acceptors (Lipinski definition) is 44. The van der Waals surface area contributed by atoms with Crippen molar-refractivity contribution < 1.29 is 212 Å². The molecule has 0 spiro atoms. The van der Waals surface area contributed by atoms with Gasteiger partial charge in [-0.1, -0.05) is 26.0 Å². The van der Waals surface area contributed by atoms with E-state index in [1.54, 1.807) is 12.1 Å². The van der Waals surface area contributed by atoms with Gasteiger partial charge >= 0.3 is 0 Å². The van der Waals surface area contributed by atoms with Crippen LogP contribution in [0.5, 0.6) is 5.75 Å². The van der Waals surface area contributed by atoms with Gasteiger partial charge in [-0.05, 0) is 24.1 Å². The number of hydrogen-bond donors (Lipinski definition) is 26. The third kappa shape index (κ3) is 18.8. The fourth-order valence-corrected chi connectivity index (χ4v) is 14.9. The highest BCUT2D eigenvalue weighted by molar-refractivity contribution is 5.91. The number of carbonyl (C=O) groups excluding carboxylic acids is 2. The summed E-state index contributed by atoms with van der Waals surface area (Å²) in [5.74, 6) is -0.715. The maximum atomic E-state index is 12.8. The zero-order chi connectivity index (χ0) is 81.1. The first kappa shape index (κ1) is 89.7. The van der Waals surface area contributed by atoms with E-state index in [1.807, 2.05) is 13.8 Å². The largest absolute Gasteiger partial charge is 0.462 e. The standard InChI is InChI=1S/C65H105N3O43/c1-65(2)29(67-56(93)55(65)68-30(77)10-66)9-19-5-7-20(8-6-19)96-57-39(86)32(79)52(27(17-75)98-57)111-64-54(95-4)45(92)53(28(18-76)104-64)110-63-44(91)37(84)51(26(16-74)103-63)109-62-43(90)36(83)50(25(15-73)102-62)108-61-42(89)35(82)49(24(14-72)101-61)107-60-41(88)34(81)48(23(13-71)100-60)106-59-40(87)33(80)47(22(12-70)99-59)105-58-38(85)31(78)46(94-3)21(11-69)97-58/h5-8,21-29,31-55,57-64,69-76,78-92H,9-18,66H2,1-4H3,(H,67,93)(H,68,77). The minimum Gasteiger partial charge on any atom is -0.462 e. The number of benzene rings is 1. The smallest absolute Gasteiger partial charge is 0.243 e. The highest BCUT2D eigenvalue weighted by Crippen LogP contribution is 2.41. The van der Waals surface area contributed by atoms with Crippen molar-refractivity contribution in [3.63, 3.8) is 0 Å². The van der Waals surface area contributed by atoms with E-state index in [4.69, 9.17) is 91.0 Å². The van der Waals surface area contributed by atoms with E-state index in [0.717, 1.165) is 12.7 Å². The topological polar surface area (TPSA) is 716 Å². The molecule has 46 nitrogen and oxygen atoms in total. The van der Waals surface area contributed by atoms with E-state index in [9.17, 15) is 127 Å². The second kappa shape index (κ2) is 38.8. The van der Waals surface area contributed by atoms with E-state index < -0.39 is 322 Å². The Morgan fingerprint density at radius 1 is 0.378 bits per heavy atom. The van der Waals surface area contributed by atoms with Crippen LogP contribution in [0, 0.1) is 5.41 Å². The molecule has 638 valence electrons. The number of nitrogens with one attached hydrogen (secondary N) is 2. The molecule has 10 rings (SSSR count). The molecule has 1 aromatic carbocycles. The van der Waals surface area contributed by atoms with Crippen molar-refractivity contribution in [3.8, 4) is 5.75 Å². The molecule has 46 heteroatoms. The molecule has 0 bridgehead atoms. The molecule has 111 heavy (non-hydrogen) atoms. The lowest BCUT2D eigenvalue weighted by Crippen LogP contribution is -2.68. The van der Waals surface area contributed by atoms with Crippen LogP contribution in [-0.4, -0.2) is 461 Å². The SMILES string of the molecule is COC1C(CO)OC(OC2C(CO)OC(OC3C(CO)OC(OC4C(CO)OC(OC5C(CO)OC(OC6C(CO)OC(OC7C(CO)OC(OC8C(CO)OC(Oc9ccc(CC%10NC(=O)C(NC(=O)CN)C%10(C)C)cc9)C(O)C8O)C(OC)C7O)C(O)C6O)C(O)C5O)C(O)C4O)C(O)C3O)C(O)C2O)C(O)C1O. The fourth-order valence-electron chi connectivity index (χ4n) is 14.9. The van der Waals surface area contributed by atoms with Gasteiger partial charge in [0, 0.05) is 25.7 Å². The van der Waals surface area contributed by atoms with Gasteiger partial charge in [0.05, 0.1) is 59.4 Å². The Morgan fingerprint density at radius 3 is 0.919 bits per heavy atom. The molecule has 0 aliphatic carbocycles. The Morgan fingerprint density at radius 2 is 0.631 bits per heavy atom. The Kier molecular flexibility index (Phi) is 31.3. The van der Waals surface area contributed by atoms with E-state index in [1.165, 1.54) is 19.2 Å². The molecule has 0 radical (unpaired) electrons.